The largest absolute Gasteiger partial charge is 0.410 e. The predicted octanol–water partition coefficient (Wildman–Crippen LogP) is 6.14. The Balaban J connectivity index is 1.89. The molecule has 0 saturated heterocycles. The zero-order valence-corrected chi connectivity index (χ0v) is 19.0. The lowest BCUT2D eigenvalue weighted by atomic mass is 9.82. The monoisotopic (exact) mass is 456 g/mol. The molecule has 1 aliphatic heterocycles. The summed E-state index contributed by atoms with van der Waals surface area (Å²) in [5.41, 5.74) is 0.0695. The van der Waals surface area contributed by atoms with Crippen LogP contribution in [-0.2, 0) is 0 Å². The van der Waals surface area contributed by atoms with Crippen molar-refractivity contribution in [2.24, 2.45) is 5.41 Å². The van der Waals surface area contributed by atoms with Crippen LogP contribution in [0.3, 0.4) is 0 Å². The van der Waals surface area contributed by atoms with Crippen molar-refractivity contribution in [2.75, 3.05) is 5.32 Å². The van der Waals surface area contributed by atoms with Crippen molar-refractivity contribution in [2.45, 2.75) is 71.3 Å². The molecule has 2 unspecified atom stereocenters. The van der Waals surface area contributed by atoms with Gasteiger partial charge in [-0.2, -0.15) is 18.3 Å². The lowest BCUT2D eigenvalue weighted by Crippen LogP contribution is -2.46. The van der Waals surface area contributed by atoms with Crippen LogP contribution >= 0.6 is 11.6 Å². The summed E-state index contributed by atoms with van der Waals surface area (Å²) in [6.45, 7) is 9.96. The van der Waals surface area contributed by atoms with Gasteiger partial charge >= 0.3 is 6.18 Å². The molecular formula is C22H28ClF3N4O. The number of carbonyl (C=O) groups excluding carboxylic acids is 1. The van der Waals surface area contributed by atoms with E-state index in [0.717, 1.165) is 4.68 Å². The van der Waals surface area contributed by atoms with Crippen molar-refractivity contribution in [3.8, 4) is 0 Å². The zero-order valence-electron chi connectivity index (χ0n) is 18.3. The molecule has 1 aromatic carbocycles. The molecule has 170 valence electrons. The van der Waals surface area contributed by atoms with E-state index in [4.69, 9.17) is 11.6 Å². The summed E-state index contributed by atoms with van der Waals surface area (Å²) >= 11 is 5.90. The van der Waals surface area contributed by atoms with E-state index in [0.29, 0.717) is 17.0 Å². The van der Waals surface area contributed by atoms with Crippen molar-refractivity contribution >= 4 is 23.3 Å². The first-order valence-electron chi connectivity index (χ1n) is 10.2. The van der Waals surface area contributed by atoms with Crippen LogP contribution in [0.5, 0.6) is 0 Å². The van der Waals surface area contributed by atoms with Gasteiger partial charge < -0.3 is 10.6 Å². The Morgan fingerprint density at radius 1 is 1.19 bits per heavy atom. The summed E-state index contributed by atoms with van der Waals surface area (Å²) in [7, 11) is 0. The molecule has 0 saturated carbocycles. The second kappa shape index (κ2) is 8.04. The van der Waals surface area contributed by atoms with Crippen molar-refractivity contribution in [1.29, 1.82) is 0 Å². The molecule has 2 atom stereocenters. The standard InChI is InChI=1S/C22H28ClF3N4O/c1-20(2,3)12-21(4,5)28-19(31)16-11-18-27-15(13-6-8-14(23)9-7-13)10-17(22(24,25)26)30(18)29-16/h6-9,11,15,17,27H,10,12H2,1-5H3,(H,28,31). The van der Waals surface area contributed by atoms with Crippen molar-refractivity contribution in [3.05, 3.63) is 46.6 Å². The molecule has 3 rings (SSSR count). The van der Waals surface area contributed by atoms with Gasteiger partial charge in [-0.15, -0.1) is 0 Å². The molecule has 2 heterocycles. The smallest absolute Gasteiger partial charge is 0.363 e. The van der Waals surface area contributed by atoms with Crippen molar-refractivity contribution in [3.63, 3.8) is 0 Å². The molecule has 31 heavy (non-hydrogen) atoms. The second-order valence-electron chi connectivity index (χ2n) is 9.98. The minimum absolute atomic E-state index is 0.0288. The highest BCUT2D eigenvalue weighted by Crippen LogP contribution is 2.43. The molecule has 5 nitrogen and oxygen atoms in total. The van der Waals surface area contributed by atoms with Crippen LogP contribution in [0.15, 0.2) is 30.3 Å². The third-order valence-electron chi connectivity index (χ3n) is 5.12. The van der Waals surface area contributed by atoms with Gasteiger partial charge in [-0.25, -0.2) is 4.68 Å². The van der Waals surface area contributed by atoms with E-state index in [1.54, 1.807) is 24.3 Å². The van der Waals surface area contributed by atoms with Crippen LogP contribution in [0.1, 0.15) is 75.6 Å². The summed E-state index contributed by atoms with van der Waals surface area (Å²) in [6.07, 6.45) is -4.05. The van der Waals surface area contributed by atoms with E-state index in [9.17, 15) is 18.0 Å². The van der Waals surface area contributed by atoms with Gasteiger partial charge in [0.1, 0.15) is 5.82 Å². The van der Waals surface area contributed by atoms with E-state index < -0.39 is 29.7 Å². The predicted molar refractivity (Wildman–Crippen MR) is 115 cm³/mol. The maximum absolute atomic E-state index is 13.8. The Labute approximate surface area is 185 Å². The molecule has 1 aliphatic rings. The van der Waals surface area contributed by atoms with Gasteiger partial charge in [-0.3, -0.25) is 4.79 Å². The Hall–Kier alpha value is -2.22. The van der Waals surface area contributed by atoms with Crippen LogP contribution in [0, 0.1) is 5.41 Å². The molecule has 2 aromatic rings. The molecule has 0 radical (unpaired) electrons. The van der Waals surface area contributed by atoms with Crippen LogP contribution in [-0.4, -0.2) is 27.4 Å². The molecule has 1 aromatic heterocycles. The molecule has 0 aliphatic carbocycles. The first-order valence-corrected chi connectivity index (χ1v) is 10.5. The Morgan fingerprint density at radius 2 is 1.81 bits per heavy atom. The third kappa shape index (κ3) is 5.73. The van der Waals surface area contributed by atoms with E-state index in [1.807, 2.05) is 13.8 Å². The number of rotatable bonds is 4. The minimum Gasteiger partial charge on any atom is -0.363 e. The molecular weight excluding hydrogens is 429 g/mol. The Bertz CT molecular complexity index is 945. The average Bonchev–Trinajstić information content (AvgIpc) is 3.02. The lowest BCUT2D eigenvalue weighted by Gasteiger charge is -2.33. The Kier molecular flexibility index (Phi) is 6.08. The maximum atomic E-state index is 13.8. The number of halogens is 4. The number of benzene rings is 1. The fourth-order valence-electron chi connectivity index (χ4n) is 4.34. The summed E-state index contributed by atoms with van der Waals surface area (Å²) in [4.78, 5) is 12.8. The first-order chi connectivity index (χ1) is 14.1. The van der Waals surface area contributed by atoms with E-state index in [-0.39, 0.29) is 23.3 Å². The SMILES string of the molecule is CC(C)(C)CC(C)(C)NC(=O)c1cc2n(n1)C(C(F)(F)F)CC(c1ccc(Cl)cc1)N2. The number of alkyl halides is 3. The van der Waals surface area contributed by atoms with E-state index in [1.165, 1.54) is 6.07 Å². The number of hydrogen-bond donors (Lipinski definition) is 2. The maximum Gasteiger partial charge on any atom is 0.410 e. The normalized spacial score (nSPS) is 19.5. The van der Waals surface area contributed by atoms with Gasteiger partial charge in [0.25, 0.3) is 5.91 Å². The number of nitrogens with one attached hydrogen (secondary N) is 2. The number of anilines is 1. The van der Waals surface area contributed by atoms with Gasteiger partial charge in [0.2, 0.25) is 0 Å². The van der Waals surface area contributed by atoms with Crippen LogP contribution in [0.2, 0.25) is 5.02 Å². The van der Waals surface area contributed by atoms with E-state index in [2.05, 4.69) is 36.5 Å². The Morgan fingerprint density at radius 3 is 2.35 bits per heavy atom. The molecule has 0 bridgehead atoms. The number of fused-ring (bicyclic) bond motifs is 1. The number of carbonyl (C=O) groups is 1. The summed E-state index contributed by atoms with van der Waals surface area (Å²) in [5, 5.41) is 10.5. The molecule has 2 N–H and O–H groups in total. The fraction of sp³-hybridized carbons (Fsp3) is 0.545. The van der Waals surface area contributed by atoms with Crippen LogP contribution in [0.25, 0.3) is 0 Å². The lowest BCUT2D eigenvalue weighted by molar-refractivity contribution is -0.173. The summed E-state index contributed by atoms with van der Waals surface area (Å²) in [5.74, 6) is -0.339. The first kappa shape index (κ1) is 23.4. The quantitative estimate of drug-likeness (QED) is 0.580. The summed E-state index contributed by atoms with van der Waals surface area (Å²) < 4.78 is 42.4. The van der Waals surface area contributed by atoms with Gasteiger partial charge in [0, 0.05) is 23.0 Å². The molecule has 0 fully saturated rings. The van der Waals surface area contributed by atoms with Crippen molar-refractivity contribution < 1.29 is 18.0 Å². The van der Waals surface area contributed by atoms with Gasteiger partial charge in [0.15, 0.2) is 11.7 Å². The van der Waals surface area contributed by atoms with Gasteiger partial charge in [0.05, 0.1) is 6.04 Å². The minimum atomic E-state index is -4.51. The van der Waals surface area contributed by atoms with Gasteiger partial charge in [-0.1, -0.05) is 44.5 Å². The number of aromatic nitrogens is 2. The molecule has 1 amide bonds. The third-order valence-corrected chi connectivity index (χ3v) is 5.37. The highest BCUT2D eigenvalue weighted by atomic mass is 35.5. The highest BCUT2D eigenvalue weighted by Gasteiger charge is 2.47. The fourth-order valence-corrected chi connectivity index (χ4v) is 4.47. The average molecular weight is 457 g/mol. The van der Waals surface area contributed by atoms with Gasteiger partial charge in [-0.05, 0) is 43.4 Å². The number of hydrogen-bond acceptors (Lipinski definition) is 3. The number of nitrogens with zero attached hydrogens (tertiary/aromatic N) is 2. The number of amides is 1. The summed E-state index contributed by atoms with van der Waals surface area (Å²) in [6, 6.07) is 5.63. The van der Waals surface area contributed by atoms with Crippen LogP contribution in [0.4, 0.5) is 19.0 Å². The van der Waals surface area contributed by atoms with Crippen LogP contribution < -0.4 is 10.6 Å². The topological polar surface area (TPSA) is 59.0 Å². The zero-order chi connectivity index (χ0) is 23.2. The van der Waals surface area contributed by atoms with Crippen molar-refractivity contribution in [1.82, 2.24) is 15.1 Å². The molecule has 9 heteroatoms. The molecule has 0 spiro atoms. The second-order valence-corrected chi connectivity index (χ2v) is 10.4. The van der Waals surface area contributed by atoms with E-state index >= 15 is 0 Å². The highest BCUT2D eigenvalue weighted by molar-refractivity contribution is 6.30.